The quantitative estimate of drug-likeness (QED) is 0.858. The molecule has 0 bridgehead atoms. The Hall–Kier alpha value is -2.04. The zero-order valence-electron chi connectivity index (χ0n) is 11.5. The van der Waals surface area contributed by atoms with Crippen molar-refractivity contribution in [3.63, 3.8) is 0 Å². The Morgan fingerprint density at radius 1 is 1.40 bits per heavy atom. The van der Waals surface area contributed by atoms with Gasteiger partial charge >= 0.3 is 0 Å². The maximum atomic E-state index is 11.8. The van der Waals surface area contributed by atoms with Crippen LogP contribution in [-0.4, -0.2) is 20.9 Å². The monoisotopic (exact) mass is 271 g/mol. The van der Waals surface area contributed by atoms with Crippen LogP contribution in [0.2, 0.25) is 0 Å². The fourth-order valence-corrected chi connectivity index (χ4v) is 2.64. The molecule has 2 aromatic rings. The number of rotatable bonds is 3. The number of carbonyl (C=O) groups excluding carboxylic acids is 1. The molecule has 1 atom stereocenters. The first-order valence-corrected chi connectivity index (χ1v) is 7.01. The van der Waals surface area contributed by atoms with Gasteiger partial charge in [-0.2, -0.15) is 4.98 Å². The number of pyridine rings is 1. The van der Waals surface area contributed by atoms with Crippen molar-refractivity contribution >= 4 is 5.78 Å². The Labute approximate surface area is 117 Å². The van der Waals surface area contributed by atoms with Crippen molar-refractivity contribution in [2.24, 2.45) is 5.92 Å². The molecule has 20 heavy (non-hydrogen) atoms. The molecule has 1 saturated carbocycles. The average Bonchev–Trinajstić information content (AvgIpc) is 2.90. The molecule has 0 aromatic carbocycles. The summed E-state index contributed by atoms with van der Waals surface area (Å²) in [5.41, 5.74) is 1.74. The van der Waals surface area contributed by atoms with Gasteiger partial charge in [0.15, 0.2) is 0 Å². The molecule has 1 fully saturated rings. The third-order valence-corrected chi connectivity index (χ3v) is 3.79. The Bertz CT molecular complexity index is 621. The van der Waals surface area contributed by atoms with E-state index in [1.165, 1.54) is 0 Å². The van der Waals surface area contributed by atoms with Crippen LogP contribution in [0, 0.1) is 12.8 Å². The number of aromatic nitrogens is 3. The Morgan fingerprint density at radius 3 is 3.10 bits per heavy atom. The van der Waals surface area contributed by atoms with Crippen molar-refractivity contribution in [1.29, 1.82) is 0 Å². The van der Waals surface area contributed by atoms with Crippen LogP contribution in [0.4, 0.5) is 0 Å². The summed E-state index contributed by atoms with van der Waals surface area (Å²) in [4.78, 5) is 20.5. The van der Waals surface area contributed by atoms with Crippen molar-refractivity contribution < 1.29 is 9.32 Å². The normalized spacial score (nSPS) is 19.2. The molecule has 0 saturated heterocycles. The van der Waals surface area contributed by atoms with Gasteiger partial charge in [-0.15, -0.1) is 0 Å². The fourth-order valence-electron chi connectivity index (χ4n) is 2.64. The molecule has 1 unspecified atom stereocenters. The van der Waals surface area contributed by atoms with Crippen molar-refractivity contribution in [3.8, 4) is 11.5 Å². The van der Waals surface area contributed by atoms with Crippen molar-refractivity contribution in [1.82, 2.24) is 15.1 Å². The third kappa shape index (κ3) is 2.61. The molecule has 3 rings (SSSR count). The first-order valence-electron chi connectivity index (χ1n) is 7.01. The number of hydrogen-bond acceptors (Lipinski definition) is 5. The first-order chi connectivity index (χ1) is 9.74. The van der Waals surface area contributed by atoms with E-state index in [4.69, 9.17) is 4.52 Å². The average molecular weight is 271 g/mol. The van der Waals surface area contributed by atoms with Gasteiger partial charge in [-0.3, -0.25) is 9.78 Å². The molecule has 0 radical (unpaired) electrons. The predicted octanol–water partition coefficient (Wildman–Crippen LogP) is 2.74. The smallest absolute Gasteiger partial charge is 0.227 e. The molecule has 1 aliphatic carbocycles. The Balaban J connectivity index is 1.77. The highest BCUT2D eigenvalue weighted by atomic mass is 16.5. The van der Waals surface area contributed by atoms with Gasteiger partial charge in [-0.05, 0) is 31.4 Å². The summed E-state index contributed by atoms with van der Waals surface area (Å²) in [5, 5.41) is 3.98. The Kier molecular flexibility index (Phi) is 3.58. The zero-order valence-corrected chi connectivity index (χ0v) is 11.5. The number of Topliss-reactive ketones (excluding diaryl/α,β-unsaturated/α-hetero) is 1. The van der Waals surface area contributed by atoms with Gasteiger partial charge in [-0.25, -0.2) is 0 Å². The lowest BCUT2D eigenvalue weighted by Crippen LogP contribution is -2.21. The van der Waals surface area contributed by atoms with E-state index in [9.17, 15) is 4.79 Å². The van der Waals surface area contributed by atoms with Crippen molar-refractivity contribution in [3.05, 3.63) is 29.8 Å². The molecule has 0 spiro atoms. The van der Waals surface area contributed by atoms with E-state index in [0.717, 1.165) is 30.5 Å². The highest BCUT2D eigenvalue weighted by molar-refractivity contribution is 5.81. The summed E-state index contributed by atoms with van der Waals surface area (Å²) in [6.07, 6.45) is 6.00. The molecule has 0 aliphatic heterocycles. The van der Waals surface area contributed by atoms with E-state index in [1.54, 1.807) is 6.20 Å². The first kappa shape index (κ1) is 13.0. The van der Waals surface area contributed by atoms with Crippen LogP contribution >= 0.6 is 0 Å². The van der Waals surface area contributed by atoms with Gasteiger partial charge in [-0.1, -0.05) is 17.6 Å². The van der Waals surface area contributed by atoms with Crippen LogP contribution < -0.4 is 0 Å². The highest BCUT2D eigenvalue weighted by Crippen LogP contribution is 2.24. The molecule has 2 heterocycles. The lowest BCUT2D eigenvalue weighted by atomic mass is 9.86. The van der Waals surface area contributed by atoms with Crippen LogP contribution in [0.5, 0.6) is 0 Å². The molecule has 0 N–H and O–H groups in total. The maximum absolute atomic E-state index is 11.8. The van der Waals surface area contributed by atoms with Crippen molar-refractivity contribution in [2.45, 2.75) is 39.0 Å². The molecule has 5 nitrogen and oxygen atoms in total. The van der Waals surface area contributed by atoms with E-state index in [1.807, 2.05) is 19.1 Å². The molecule has 2 aromatic heterocycles. The van der Waals surface area contributed by atoms with Gasteiger partial charge < -0.3 is 4.52 Å². The zero-order chi connectivity index (χ0) is 13.9. The second-order valence-electron chi connectivity index (χ2n) is 5.29. The van der Waals surface area contributed by atoms with Crippen LogP contribution in [-0.2, 0) is 11.2 Å². The van der Waals surface area contributed by atoms with Gasteiger partial charge in [0.1, 0.15) is 11.5 Å². The van der Waals surface area contributed by atoms with Gasteiger partial charge in [0.2, 0.25) is 11.7 Å². The minimum atomic E-state index is 0.0434. The largest absolute Gasteiger partial charge is 0.339 e. The summed E-state index contributed by atoms with van der Waals surface area (Å²) in [6, 6.07) is 3.84. The molecule has 104 valence electrons. The summed E-state index contributed by atoms with van der Waals surface area (Å²) in [6.45, 7) is 1.96. The topological polar surface area (TPSA) is 68.9 Å². The number of carbonyl (C=O) groups is 1. The van der Waals surface area contributed by atoms with Gasteiger partial charge in [0, 0.05) is 25.0 Å². The molecule has 0 amide bonds. The van der Waals surface area contributed by atoms with E-state index < -0.39 is 0 Å². The van der Waals surface area contributed by atoms with E-state index in [-0.39, 0.29) is 5.92 Å². The second kappa shape index (κ2) is 5.53. The predicted molar refractivity (Wildman–Crippen MR) is 72.9 cm³/mol. The SMILES string of the molecule is Cc1cccnc1-c1noc(CC2CCCCC2=O)n1. The van der Waals surface area contributed by atoms with Crippen molar-refractivity contribution in [2.75, 3.05) is 0 Å². The van der Waals surface area contributed by atoms with E-state index in [0.29, 0.717) is 30.3 Å². The molecule has 1 aliphatic rings. The standard InChI is InChI=1S/C15H17N3O2/c1-10-5-4-8-16-14(10)15-17-13(20-18-15)9-11-6-2-3-7-12(11)19/h4-5,8,11H,2-3,6-7,9H2,1H3. The highest BCUT2D eigenvalue weighted by Gasteiger charge is 2.25. The molecular weight excluding hydrogens is 254 g/mol. The number of aryl methyl sites for hydroxylation is 1. The van der Waals surface area contributed by atoms with Crippen LogP contribution in [0.25, 0.3) is 11.5 Å². The van der Waals surface area contributed by atoms with Crippen LogP contribution in [0.15, 0.2) is 22.9 Å². The third-order valence-electron chi connectivity index (χ3n) is 3.79. The lowest BCUT2D eigenvalue weighted by Gasteiger charge is -2.18. The van der Waals surface area contributed by atoms with Crippen LogP contribution in [0.1, 0.15) is 37.1 Å². The molecule has 5 heteroatoms. The summed E-state index contributed by atoms with van der Waals surface area (Å²) in [7, 11) is 0. The number of ketones is 1. The minimum Gasteiger partial charge on any atom is -0.339 e. The summed E-state index contributed by atoms with van der Waals surface area (Å²) in [5.74, 6) is 1.40. The second-order valence-corrected chi connectivity index (χ2v) is 5.29. The maximum Gasteiger partial charge on any atom is 0.227 e. The van der Waals surface area contributed by atoms with Gasteiger partial charge in [0.25, 0.3) is 0 Å². The Morgan fingerprint density at radius 2 is 2.30 bits per heavy atom. The summed E-state index contributed by atoms with van der Waals surface area (Å²) < 4.78 is 5.27. The molecular formula is C15H17N3O2. The minimum absolute atomic E-state index is 0.0434. The van der Waals surface area contributed by atoms with Crippen LogP contribution in [0.3, 0.4) is 0 Å². The lowest BCUT2D eigenvalue weighted by molar-refractivity contribution is -0.124. The summed E-state index contributed by atoms with van der Waals surface area (Å²) >= 11 is 0. The number of hydrogen-bond donors (Lipinski definition) is 0. The fraction of sp³-hybridized carbons (Fsp3) is 0.467. The van der Waals surface area contributed by atoms with E-state index >= 15 is 0 Å². The van der Waals surface area contributed by atoms with Gasteiger partial charge in [0.05, 0.1) is 0 Å². The number of nitrogens with zero attached hydrogens (tertiary/aromatic N) is 3. The van der Waals surface area contributed by atoms with E-state index in [2.05, 4.69) is 15.1 Å².